The number of benzene rings is 1. The summed E-state index contributed by atoms with van der Waals surface area (Å²) in [6, 6.07) is 11.1. The van der Waals surface area contributed by atoms with Crippen LogP contribution >= 0.6 is 15.9 Å². The van der Waals surface area contributed by atoms with Crippen LogP contribution in [0.5, 0.6) is 11.6 Å². The second kappa shape index (κ2) is 7.59. The fourth-order valence-corrected chi connectivity index (χ4v) is 2.91. The van der Waals surface area contributed by atoms with Crippen molar-refractivity contribution in [3.05, 3.63) is 52.6 Å². The van der Waals surface area contributed by atoms with E-state index in [0.29, 0.717) is 17.2 Å². The minimum absolute atomic E-state index is 0.0644. The van der Waals surface area contributed by atoms with Gasteiger partial charge in [0.05, 0.1) is 5.56 Å². The molecule has 2 aromatic rings. The SMILES string of the molecule is O=C(c1ccc(Oc2ccc(Br)cc2)nc1)N1CCCCCC1. The molecule has 120 valence electrons. The molecule has 5 heteroatoms. The quantitative estimate of drug-likeness (QED) is 0.784. The molecule has 1 aliphatic rings. The number of halogens is 1. The van der Waals surface area contributed by atoms with E-state index in [1.165, 1.54) is 12.8 Å². The Morgan fingerprint density at radius 2 is 1.70 bits per heavy atom. The van der Waals surface area contributed by atoms with Crippen LogP contribution in [0.25, 0.3) is 0 Å². The van der Waals surface area contributed by atoms with Crippen molar-refractivity contribution in [2.45, 2.75) is 25.7 Å². The number of nitrogens with zero attached hydrogens (tertiary/aromatic N) is 2. The Kier molecular flexibility index (Phi) is 5.28. The van der Waals surface area contributed by atoms with Gasteiger partial charge in [0.25, 0.3) is 5.91 Å². The summed E-state index contributed by atoms with van der Waals surface area (Å²) in [5, 5.41) is 0. The van der Waals surface area contributed by atoms with Crippen molar-refractivity contribution < 1.29 is 9.53 Å². The topological polar surface area (TPSA) is 42.4 Å². The zero-order valence-corrected chi connectivity index (χ0v) is 14.5. The molecular weight excluding hydrogens is 356 g/mol. The van der Waals surface area contributed by atoms with Crippen LogP contribution in [0.1, 0.15) is 36.0 Å². The molecule has 3 rings (SSSR count). The molecule has 0 atom stereocenters. The van der Waals surface area contributed by atoms with Gasteiger partial charge in [-0.2, -0.15) is 0 Å². The molecule has 1 aromatic heterocycles. The molecule has 2 heterocycles. The minimum atomic E-state index is 0.0644. The van der Waals surface area contributed by atoms with Crippen LogP contribution in [0, 0.1) is 0 Å². The smallest absolute Gasteiger partial charge is 0.255 e. The van der Waals surface area contributed by atoms with Crippen molar-refractivity contribution in [3.8, 4) is 11.6 Å². The third kappa shape index (κ3) is 4.32. The predicted molar refractivity (Wildman–Crippen MR) is 92.8 cm³/mol. The highest BCUT2D eigenvalue weighted by molar-refractivity contribution is 9.10. The number of likely N-dealkylation sites (tertiary alicyclic amines) is 1. The van der Waals surface area contributed by atoms with E-state index >= 15 is 0 Å². The number of hydrogen-bond donors (Lipinski definition) is 0. The van der Waals surface area contributed by atoms with Gasteiger partial charge in [-0.3, -0.25) is 4.79 Å². The minimum Gasteiger partial charge on any atom is -0.439 e. The summed E-state index contributed by atoms with van der Waals surface area (Å²) >= 11 is 3.39. The number of carbonyl (C=O) groups excluding carboxylic acids is 1. The molecule has 0 unspecified atom stereocenters. The Balaban J connectivity index is 1.66. The molecule has 1 aliphatic heterocycles. The van der Waals surface area contributed by atoms with Gasteiger partial charge in [-0.25, -0.2) is 4.98 Å². The fraction of sp³-hybridized carbons (Fsp3) is 0.333. The first-order valence-electron chi connectivity index (χ1n) is 7.91. The maximum atomic E-state index is 12.5. The Bertz CT molecular complexity index is 648. The first-order chi connectivity index (χ1) is 11.2. The van der Waals surface area contributed by atoms with E-state index in [4.69, 9.17) is 4.74 Å². The number of pyridine rings is 1. The predicted octanol–water partition coefficient (Wildman–Crippen LogP) is 4.65. The van der Waals surface area contributed by atoms with Gasteiger partial charge in [-0.05, 0) is 43.2 Å². The third-order valence-electron chi connectivity index (χ3n) is 3.91. The molecule has 0 saturated carbocycles. The Morgan fingerprint density at radius 1 is 1.00 bits per heavy atom. The number of rotatable bonds is 3. The summed E-state index contributed by atoms with van der Waals surface area (Å²) in [5.74, 6) is 1.27. The number of amides is 1. The Morgan fingerprint density at radius 3 is 2.30 bits per heavy atom. The average Bonchev–Trinajstić information content (AvgIpc) is 2.86. The van der Waals surface area contributed by atoms with Crippen molar-refractivity contribution in [3.63, 3.8) is 0 Å². The highest BCUT2D eigenvalue weighted by atomic mass is 79.9. The second-order valence-electron chi connectivity index (χ2n) is 5.65. The van der Waals surface area contributed by atoms with Crippen LogP contribution < -0.4 is 4.74 Å². The summed E-state index contributed by atoms with van der Waals surface area (Å²) in [6.45, 7) is 1.69. The second-order valence-corrected chi connectivity index (χ2v) is 6.56. The lowest BCUT2D eigenvalue weighted by Crippen LogP contribution is -2.31. The highest BCUT2D eigenvalue weighted by Gasteiger charge is 2.17. The molecule has 1 saturated heterocycles. The van der Waals surface area contributed by atoms with Crippen molar-refractivity contribution in [2.75, 3.05) is 13.1 Å². The molecule has 0 bridgehead atoms. The summed E-state index contributed by atoms with van der Waals surface area (Å²) in [5.41, 5.74) is 0.620. The number of hydrogen-bond acceptors (Lipinski definition) is 3. The third-order valence-corrected chi connectivity index (χ3v) is 4.44. The number of ether oxygens (including phenoxy) is 1. The molecule has 23 heavy (non-hydrogen) atoms. The van der Waals surface area contributed by atoms with Gasteiger partial charge in [0.2, 0.25) is 5.88 Å². The van der Waals surface area contributed by atoms with Crippen molar-refractivity contribution >= 4 is 21.8 Å². The van der Waals surface area contributed by atoms with Gasteiger partial charge < -0.3 is 9.64 Å². The van der Waals surface area contributed by atoms with Crippen LogP contribution in [-0.4, -0.2) is 28.9 Å². The zero-order valence-electron chi connectivity index (χ0n) is 12.9. The molecule has 1 amide bonds. The van der Waals surface area contributed by atoms with Gasteiger partial charge in [0.15, 0.2) is 0 Å². The Hall–Kier alpha value is -1.88. The lowest BCUT2D eigenvalue weighted by atomic mass is 10.2. The molecule has 1 fully saturated rings. The average molecular weight is 375 g/mol. The fourth-order valence-electron chi connectivity index (χ4n) is 2.65. The van der Waals surface area contributed by atoms with E-state index in [-0.39, 0.29) is 5.91 Å². The molecule has 0 N–H and O–H groups in total. The van der Waals surface area contributed by atoms with Gasteiger partial charge >= 0.3 is 0 Å². The van der Waals surface area contributed by atoms with Crippen LogP contribution in [0.3, 0.4) is 0 Å². The largest absolute Gasteiger partial charge is 0.439 e. The van der Waals surface area contributed by atoms with E-state index in [2.05, 4.69) is 20.9 Å². The molecule has 4 nitrogen and oxygen atoms in total. The zero-order chi connectivity index (χ0) is 16.1. The van der Waals surface area contributed by atoms with Crippen LogP contribution in [-0.2, 0) is 0 Å². The monoisotopic (exact) mass is 374 g/mol. The number of carbonyl (C=O) groups is 1. The molecule has 0 spiro atoms. The van der Waals surface area contributed by atoms with E-state index in [1.54, 1.807) is 18.3 Å². The van der Waals surface area contributed by atoms with E-state index < -0.39 is 0 Å². The lowest BCUT2D eigenvalue weighted by Gasteiger charge is -2.20. The summed E-state index contributed by atoms with van der Waals surface area (Å²) in [4.78, 5) is 18.7. The normalized spacial score (nSPS) is 15.1. The lowest BCUT2D eigenvalue weighted by molar-refractivity contribution is 0.0761. The maximum Gasteiger partial charge on any atom is 0.255 e. The maximum absolute atomic E-state index is 12.5. The van der Waals surface area contributed by atoms with Gasteiger partial charge in [0.1, 0.15) is 5.75 Å². The number of aromatic nitrogens is 1. The van der Waals surface area contributed by atoms with Gasteiger partial charge in [-0.15, -0.1) is 0 Å². The van der Waals surface area contributed by atoms with Crippen LogP contribution in [0.15, 0.2) is 47.1 Å². The van der Waals surface area contributed by atoms with Gasteiger partial charge in [0, 0.05) is 29.8 Å². The highest BCUT2D eigenvalue weighted by Crippen LogP contribution is 2.22. The standard InChI is InChI=1S/C18H19BrN2O2/c19-15-6-8-16(9-7-15)23-17-10-5-14(13-20-17)18(22)21-11-3-1-2-4-12-21/h5-10,13H,1-4,11-12H2. The molecule has 1 aromatic carbocycles. The van der Waals surface area contributed by atoms with Crippen molar-refractivity contribution in [1.82, 2.24) is 9.88 Å². The first-order valence-corrected chi connectivity index (χ1v) is 8.70. The summed E-state index contributed by atoms with van der Waals surface area (Å²) in [7, 11) is 0. The summed E-state index contributed by atoms with van der Waals surface area (Å²) < 4.78 is 6.67. The first kappa shape index (κ1) is 16.0. The van der Waals surface area contributed by atoms with E-state index in [0.717, 1.165) is 30.4 Å². The van der Waals surface area contributed by atoms with Crippen LogP contribution in [0.4, 0.5) is 0 Å². The molecule has 0 radical (unpaired) electrons. The van der Waals surface area contributed by atoms with Crippen LogP contribution in [0.2, 0.25) is 0 Å². The van der Waals surface area contributed by atoms with Crippen molar-refractivity contribution in [1.29, 1.82) is 0 Å². The van der Waals surface area contributed by atoms with E-state index in [1.807, 2.05) is 29.2 Å². The van der Waals surface area contributed by atoms with Gasteiger partial charge in [-0.1, -0.05) is 28.8 Å². The summed E-state index contributed by atoms with van der Waals surface area (Å²) in [6.07, 6.45) is 6.19. The Labute approximate surface area is 144 Å². The molecular formula is C18H19BrN2O2. The van der Waals surface area contributed by atoms with E-state index in [9.17, 15) is 4.79 Å². The molecule has 0 aliphatic carbocycles. The van der Waals surface area contributed by atoms with Crippen molar-refractivity contribution in [2.24, 2.45) is 0 Å².